The van der Waals surface area contributed by atoms with E-state index >= 15 is 0 Å². The first kappa shape index (κ1) is 8.79. The highest BCUT2D eigenvalue weighted by molar-refractivity contribution is 4.94. The van der Waals surface area contributed by atoms with Crippen molar-refractivity contribution in [3.8, 4) is 0 Å². The maximum atomic E-state index is 3.93. The molecule has 1 saturated carbocycles. The molecule has 1 nitrogen and oxygen atoms in total. The fraction of sp³-hybridized carbons (Fsp3) is 0.800. The molecule has 1 unspecified atom stereocenters. The lowest BCUT2D eigenvalue weighted by atomic mass is 10.0. The topological polar surface area (TPSA) is 12.0 Å². The molecule has 1 heteroatoms. The van der Waals surface area contributed by atoms with Gasteiger partial charge in [0.1, 0.15) is 0 Å². The number of nitrogens with one attached hydrogen (secondary N) is 1. The summed E-state index contributed by atoms with van der Waals surface area (Å²) < 4.78 is 0. The summed E-state index contributed by atoms with van der Waals surface area (Å²) in [7, 11) is 2.05. The monoisotopic (exact) mass is 153 g/mol. The van der Waals surface area contributed by atoms with E-state index in [-0.39, 0.29) is 0 Å². The van der Waals surface area contributed by atoms with Crippen molar-refractivity contribution in [2.24, 2.45) is 5.92 Å². The molecule has 1 N–H and O–H groups in total. The Morgan fingerprint density at radius 1 is 1.64 bits per heavy atom. The predicted octanol–water partition coefficient (Wildman–Crippen LogP) is 2.34. The summed E-state index contributed by atoms with van der Waals surface area (Å²) in [6.07, 6.45) is 5.40. The molecule has 0 aliphatic heterocycles. The zero-order chi connectivity index (χ0) is 8.27. The molecule has 0 aromatic carbocycles. The lowest BCUT2D eigenvalue weighted by molar-refractivity contribution is 0.489. The van der Waals surface area contributed by atoms with Gasteiger partial charge < -0.3 is 5.32 Å². The predicted molar refractivity (Wildman–Crippen MR) is 49.6 cm³/mol. The van der Waals surface area contributed by atoms with Crippen LogP contribution in [-0.4, -0.2) is 13.1 Å². The van der Waals surface area contributed by atoms with Crippen molar-refractivity contribution in [3.05, 3.63) is 12.2 Å². The van der Waals surface area contributed by atoms with E-state index in [9.17, 15) is 0 Å². The fourth-order valence-electron chi connectivity index (χ4n) is 1.48. The summed E-state index contributed by atoms with van der Waals surface area (Å²) in [5.74, 6) is 1.02. The number of rotatable bonds is 5. The van der Waals surface area contributed by atoms with Crippen molar-refractivity contribution >= 4 is 0 Å². The van der Waals surface area contributed by atoms with Crippen molar-refractivity contribution in [2.75, 3.05) is 7.05 Å². The van der Waals surface area contributed by atoms with Crippen molar-refractivity contribution in [2.45, 2.75) is 38.6 Å². The van der Waals surface area contributed by atoms with Crippen molar-refractivity contribution in [1.29, 1.82) is 0 Å². The number of hydrogen-bond acceptors (Lipinski definition) is 1. The average Bonchev–Trinajstić information content (AvgIpc) is 2.69. The number of hydrogen-bond donors (Lipinski definition) is 1. The Bertz CT molecular complexity index is 136. The molecule has 1 aliphatic carbocycles. The smallest absolute Gasteiger partial charge is 0.0104 e. The highest BCUT2D eigenvalue weighted by atomic mass is 14.9. The highest BCUT2D eigenvalue weighted by Crippen LogP contribution is 2.34. The normalized spacial score (nSPS) is 19.8. The van der Waals surface area contributed by atoms with Crippen LogP contribution in [-0.2, 0) is 0 Å². The van der Waals surface area contributed by atoms with Crippen molar-refractivity contribution < 1.29 is 0 Å². The van der Waals surface area contributed by atoms with Crippen molar-refractivity contribution in [3.63, 3.8) is 0 Å². The van der Waals surface area contributed by atoms with Crippen molar-refractivity contribution in [1.82, 2.24) is 5.32 Å². The maximum absolute atomic E-state index is 3.93. The largest absolute Gasteiger partial charge is 0.317 e. The van der Waals surface area contributed by atoms with E-state index < -0.39 is 0 Å². The van der Waals surface area contributed by atoms with Crippen LogP contribution in [0.4, 0.5) is 0 Å². The summed E-state index contributed by atoms with van der Waals surface area (Å²) in [5.41, 5.74) is 1.30. The summed E-state index contributed by atoms with van der Waals surface area (Å²) >= 11 is 0. The summed E-state index contributed by atoms with van der Waals surface area (Å²) in [6.45, 7) is 6.04. The molecular formula is C10H19N. The van der Waals surface area contributed by atoms with Crippen LogP contribution in [0.1, 0.15) is 32.6 Å². The fourth-order valence-corrected chi connectivity index (χ4v) is 1.48. The third kappa shape index (κ3) is 3.57. The second-order valence-corrected chi connectivity index (χ2v) is 3.83. The standard InChI is InChI=1S/C10H19N/c1-8(2)6-10(11-3)7-9-4-5-9/h9-11H,1,4-7H2,2-3H3. The zero-order valence-electron chi connectivity index (χ0n) is 7.69. The van der Waals surface area contributed by atoms with Crippen LogP contribution in [0, 0.1) is 5.92 Å². The third-order valence-corrected chi connectivity index (χ3v) is 2.32. The third-order valence-electron chi connectivity index (χ3n) is 2.32. The van der Waals surface area contributed by atoms with E-state index in [4.69, 9.17) is 0 Å². The van der Waals surface area contributed by atoms with Crippen LogP contribution in [0.3, 0.4) is 0 Å². The Morgan fingerprint density at radius 2 is 2.27 bits per heavy atom. The van der Waals surface area contributed by atoms with E-state index in [0.717, 1.165) is 12.3 Å². The average molecular weight is 153 g/mol. The van der Waals surface area contributed by atoms with E-state index in [1.807, 2.05) is 0 Å². The van der Waals surface area contributed by atoms with Gasteiger partial charge in [-0.05, 0) is 32.7 Å². The molecule has 0 amide bonds. The van der Waals surface area contributed by atoms with Crippen LogP contribution < -0.4 is 5.32 Å². The molecule has 1 aliphatic rings. The van der Waals surface area contributed by atoms with E-state index in [1.165, 1.54) is 24.8 Å². The Labute approximate surface area is 69.9 Å². The van der Waals surface area contributed by atoms with Gasteiger partial charge in [0.2, 0.25) is 0 Å². The van der Waals surface area contributed by atoms with Gasteiger partial charge in [-0.1, -0.05) is 18.4 Å². The van der Waals surface area contributed by atoms with Crippen LogP contribution in [0.2, 0.25) is 0 Å². The summed E-state index contributed by atoms with van der Waals surface area (Å²) in [4.78, 5) is 0. The molecule has 0 radical (unpaired) electrons. The summed E-state index contributed by atoms with van der Waals surface area (Å²) in [6, 6.07) is 0.681. The first-order valence-corrected chi connectivity index (χ1v) is 4.54. The first-order valence-electron chi connectivity index (χ1n) is 4.54. The maximum Gasteiger partial charge on any atom is 0.0104 e. The van der Waals surface area contributed by atoms with Crippen LogP contribution in [0.25, 0.3) is 0 Å². The second-order valence-electron chi connectivity index (χ2n) is 3.83. The van der Waals surface area contributed by atoms with E-state index in [0.29, 0.717) is 6.04 Å². The highest BCUT2D eigenvalue weighted by Gasteiger charge is 2.24. The first-order chi connectivity index (χ1) is 5.22. The minimum Gasteiger partial charge on any atom is -0.317 e. The van der Waals surface area contributed by atoms with Gasteiger partial charge in [-0.15, -0.1) is 6.58 Å². The van der Waals surface area contributed by atoms with Crippen LogP contribution in [0.5, 0.6) is 0 Å². The quantitative estimate of drug-likeness (QED) is 0.598. The van der Waals surface area contributed by atoms with E-state index in [2.05, 4.69) is 25.9 Å². The van der Waals surface area contributed by atoms with Gasteiger partial charge in [-0.3, -0.25) is 0 Å². The van der Waals surface area contributed by atoms with Gasteiger partial charge in [-0.25, -0.2) is 0 Å². The van der Waals surface area contributed by atoms with Crippen LogP contribution in [0.15, 0.2) is 12.2 Å². The Morgan fingerprint density at radius 3 is 2.64 bits per heavy atom. The van der Waals surface area contributed by atoms with E-state index in [1.54, 1.807) is 0 Å². The molecule has 0 spiro atoms. The van der Waals surface area contributed by atoms with Gasteiger partial charge in [-0.2, -0.15) is 0 Å². The second kappa shape index (κ2) is 3.91. The molecule has 0 heterocycles. The van der Waals surface area contributed by atoms with Crippen LogP contribution >= 0.6 is 0 Å². The molecule has 64 valence electrons. The minimum atomic E-state index is 0.681. The molecular weight excluding hydrogens is 134 g/mol. The Hall–Kier alpha value is -0.300. The Balaban J connectivity index is 2.17. The van der Waals surface area contributed by atoms with Gasteiger partial charge in [0.05, 0.1) is 0 Å². The molecule has 1 fully saturated rings. The SMILES string of the molecule is C=C(C)CC(CC1CC1)NC. The minimum absolute atomic E-state index is 0.681. The molecule has 0 aromatic rings. The molecule has 1 atom stereocenters. The Kier molecular flexibility index (Phi) is 3.13. The van der Waals surface area contributed by atoms with Gasteiger partial charge in [0.25, 0.3) is 0 Å². The lowest BCUT2D eigenvalue weighted by Crippen LogP contribution is -2.25. The summed E-state index contributed by atoms with van der Waals surface area (Å²) in [5, 5.41) is 3.34. The van der Waals surface area contributed by atoms with Gasteiger partial charge in [0, 0.05) is 6.04 Å². The molecule has 0 aromatic heterocycles. The molecule has 11 heavy (non-hydrogen) atoms. The van der Waals surface area contributed by atoms with Gasteiger partial charge >= 0.3 is 0 Å². The van der Waals surface area contributed by atoms with Gasteiger partial charge in [0.15, 0.2) is 0 Å². The molecule has 0 bridgehead atoms. The zero-order valence-corrected chi connectivity index (χ0v) is 7.69. The lowest BCUT2D eigenvalue weighted by Gasteiger charge is -2.15. The molecule has 0 saturated heterocycles. The molecule has 1 rings (SSSR count).